The number of Topliss-reactive ketones (excluding diaryl/α,β-unsaturated/α-hetero) is 1. The summed E-state index contributed by atoms with van der Waals surface area (Å²) in [4.78, 5) is 26.3. The van der Waals surface area contributed by atoms with E-state index in [0.29, 0.717) is 17.8 Å². The topological polar surface area (TPSA) is 66.9 Å². The third-order valence-corrected chi connectivity index (χ3v) is 5.93. The van der Waals surface area contributed by atoms with Gasteiger partial charge in [0, 0.05) is 28.1 Å². The Balaban J connectivity index is 1.76. The van der Waals surface area contributed by atoms with Crippen LogP contribution in [0.2, 0.25) is 0 Å². The Bertz CT molecular complexity index is 1170. The lowest BCUT2D eigenvalue weighted by molar-refractivity contribution is -0.116. The Labute approximate surface area is 170 Å². The highest BCUT2D eigenvalue weighted by Gasteiger charge is 2.38. The second-order valence-corrected chi connectivity index (χ2v) is 8.07. The summed E-state index contributed by atoms with van der Waals surface area (Å²) in [5.74, 6) is 0.425. The lowest BCUT2D eigenvalue weighted by Gasteiger charge is -2.31. The fraction of sp³-hybridized carbons (Fsp3) is 0.182. The van der Waals surface area contributed by atoms with Crippen LogP contribution in [0.5, 0.6) is 0 Å². The maximum Gasteiger partial charge on any atom is 0.277 e. The standard InChI is InChI=1S/C22H18BrN3O2/c23-14-7-4-6-13(12-14)18-19-16(10-5-11-17(19)27)24-21-20(18)22(28)26(25-21)15-8-2-1-3-9-15/h1-4,6-9,12,18,24-25H,5,10-11H2/t18-/m0/s1. The van der Waals surface area contributed by atoms with Gasteiger partial charge in [0.15, 0.2) is 5.78 Å². The zero-order valence-corrected chi connectivity index (χ0v) is 16.6. The number of ketones is 1. The molecule has 28 heavy (non-hydrogen) atoms. The number of benzene rings is 2. The first-order chi connectivity index (χ1) is 13.6. The van der Waals surface area contributed by atoms with E-state index in [2.05, 4.69) is 26.3 Å². The quantitative estimate of drug-likeness (QED) is 0.622. The minimum Gasteiger partial charge on any atom is -0.343 e. The number of halogens is 1. The molecular formula is C22H18BrN3O2. The third-order valence-electron chi connectivity index (χ3n) is 5.43. The third kappa shape index (κ3) is 2.67. The number of nitrogens with zero attached hydrogens (tertiary/aromatic N) is 1. The summed E-state index contributed by atoms with van der Waals surface area (Å²) in [5, 5.41) is 6.56. The van der Waals surface area contributed by atoms with Crippen LogP contribution in [0.1, 0.15) is 36.3 Å². The predicted octanol–water partition coefficient (Wildman–Crippen LogP) is 4.49. The van der Waals surface area contributed by atoms with E-state index in [1.165, 1.54) is 0 Å². The zero-order chi connectivity index (χ0) is 19.3. The largest absolute Gasteiger partial charge is 0.343 e. The molecule has 5 rings (SSSR count). The first-order valence-electron chi connectivity index (χ1n) is 9.32. The molecule has 0 saturated carbocycles. The average molecular weight is 436 g/mol. The number of fused-ring (bicyclic) bond motifs is 1. The van der Waals surface area contributed by atoms with Gasteiger partial charge in [0.25, 0.3) is 5.56 Å². The molecule has 1 aliphatic carbocycles. The summed E-state index contributed by atoms with van der Waals surface area (Å²) >= 11 is 3.52. The summed E-state index contributed by atoms with van der Waals surface area (Å²) < 4.78 is 2.47. The maximum atomic E-state index is 13.4. The average Bonchev–Trinajstić information content (AvgIpc) is 3.03. The number of rotatable bonds is 2. The molecule has 0 spiro atoms. The van der Waals surface area contributed by atoms with Crippen molar-refractivity contribution in [1.29, 1.82) is 0 Å². The summed E-state index contributed by atoms with van der Waals surface area (Å²) in [6.07, 6.45) is 2.16. The van der Waals surface area contributed by atoms with Gasteiger partial charge in [-0.2, -0.15) is 0 Å². The van der Waals surface area contributed by atoms with Crippen molar-refractivity contribution in [3.05, 3.63) is 91.8 Å². The second kappa shape index (κ2) is 6.63. The molecule has 0 fully saturated rings. The van der Waals surface area contributed by atoms with Gasteiger partial charge in [-0.3, -0.25) is 14.7 Å². The van der Waals surface area contributed by atoms with Gasteiger partial charge >= 0.3 is 0 Å². The van der Waals surface area contributed by atoms with Crippen LogP contribution >= 0.6 is 15.9 Å². The van der Waals surface area contributed by atoms with Gasteiger partial charge in [-0.1, -0.05) is 46.3 Å². The molecule has 2 aliphatic rings. The second-order valence-electron chi connectivity index (χ2n) is 7.16. The molecule has 0 unspecified atom stereocenters. The van der Waals surface area contributed by atoms with Gasteiger partial charge in [-0.05, 0) is 42.7 Å². The predicted molar refractivity (Wildman–Crippen MR) is 112 cm³/mol. The number of carbonyl (C=O) groups excluding carboxylic acids is 1. The Hall–Kier alpha value is -2.86. The number of anilines is 1. The molecule has 1 aliphatic heterocycles. The molecule has 2 aromatic carbocycles. The molecule has 2 heterocycles. The number of hydrogen-bond donors (Lipinski definition) is 2. The molecule has 0 bridgehead atoms. The van der Waals surface area contributed by atoms with Crippen molar-refractivity contribution >= 4 is 27.5 Å². The number of para-hydroxylation sites is 1. The first kappa shape index (κ1) is 17.3. The monoisotopic (exact) mass is 435 g/mol. The molecule has 0 amide bonds. The lowest BCUT2D eigenvalue weighted by Crippen LogP contribution is -2.29. The smallest absolute Gasteiger partial charge is 0.277 e. The first-order valence-corrected chi connectivity index (χ1v) is 10.1. The number of aromatic amines is 1. The molecule has 0 radical (unpaired) electrons. The molecule has 3 aromatic rings. The van der Waals surface area contributed by atoms with E-state index in [9.17, 15) is 9.59 Å². The highest BCUT2D eigenvalue weighted by molar-refractivity contribution is 9.10. The molecule has 6 heteroatoms. The van der Waals surface area contributed by atoms with E-state index in [0.717, 1.165) is 39.8 Å². The maximum absolute atomic E-state index is 13.4. The number of allylic oxidation sites excluding steroid dienone is 2. The van der Waals surface area contributed by atoms with Crippen LogP contribution in [0.15, 0.2) is 75.1 Å². The highest BCUT2D eigenvalue weighted by Crippen LogP contribution is 2.43. The van der Waals surface area contributed by atoms with Crippen molar-refractivity contribution in [3.63, 3.8) is 0 Å². The summed E-state index contributed by atoms with van der Waals surface area (Å²) in [5.41, 5.74) is 3.82. The van der Waals surface area contributed by atoms with E-state index >= 15 is 0 Å². The van der Waals surface area contributed by atoms with E-state index in [1.807, 2.05) is 54.6 Å². The molecular weight excluding hydrogens is 418 g/mol. The fourth-order valence-electron chi connectivity index (χ4n) is 4.22. The van der Waals surface area contributed by atoms with Crippen LogP contribution in [0, 0.1) is 0 Å². The fourth-order valence-corrected chi connectivity index (χ4v) is 4.63. The molecule has 1 aromatic heterocycles. The van der Waals surface area contributed by atoms with E-state index < -0.39 is 0 Å². The molecule has 5 nitrogen and oxygen atoms in total. The van der Waals surface area contributed by atoms with E-state index in [1.54, 1.807) is 4.68 Å². The number of aromatic nitrogens is 2. The van der Waals surface area contributed by atoms with Crippen LogP contribution in [-0.4, -0.2) is 15.6 Å². The van der Waals surface area contributed by atoms with Gasteiger partial charge in [0.1, 0.15) is 5.82 Å². The SMILES string of the molecule is O=C1CCCC2=C1[C@H](c1cccc(Br)c1)c1c([nH]n(-c3ccccc3)c1=O)N2. The van der Waals surface area contributed by atoms with E-state index in [4.69, 9.17) is 0 Å². The number of nitrogens with one attached hydrogen (secondary N) is 2. The minimum absolute atomic E-state index is 0.122. The van der Waals surface area contributed by atoms with Gasteiger partial charge in [0.2, 0.25) is 0 Å². The van der Waals surface area contributed by atoms with Gasteiger partial charge in [0.05, 0.1) is 11.3 Å². The Morgan fingerprint density at radius 3 is 2.61 bits per heavy atom. The normalized spacial score (nSPS) is 18.5. The van der Waals surface area contributed by atoms with Gasteiger partial charge < -0.3 is 5.32 Å². The minimum atomic E-state index is -0.370. The molecule has 1 atom stereocenters. The van der Waals surface area contributed by atoms with Crippen LogP contribution in [0.25, 0.3) is 5.69 Å². The van der Waals surface area contributed by atoms with Crippen molar-refractivity contribution in [2.45, 2.75) is 25.2 Å². The summed E-state index contributed by atoms with van der Waals surface area (Å²) in [6.45, 7) is 0. The van der Waals surface area contributed by atoms with Crippen LogP contribution in [-0.2, 0) is 4.79 Å². The number of H-pyrrole nitrogens is 1. The number of hydrogen-bond acceptors (Lipinski definition) is 3. The van der Waals surface area contributed by atoms with Crippen molar-refractivity contribution < 1.29 is 4.79 Å². The molecule has 0 saturated heterocycles. The van der Waals surface area contributed by atoms with Crippen molar-refractivity contribution in [1.82, 2.24) is 9.78 Å². The van der Waals surface area contributed by atoms with E-state index in [-0.39, 0.29) is 17.3 Å². The Kier molecular flexibility index (Phi) is 4.09. The van der Waals surface area contributed by atoms with Crippen LogP contribution in [0.3, 0.4) is 0 Å². The van der Waals surface area contributed by atoms with Gasteiger partial charge in [-0.15, -0.1) is 0 Å². The van der Waals surface area contributed by atoms with Crippen LogP contribution in [0.4, 0.5) is 5.82 Å². The van der Waals surface area contributed by atoms with Crippen molar-refractivity contribution in [2.24, 2.45) is 0 Å². The van der Waals surface area contributed by atoms with Crippen LogP contribution < -0.4 is 10.9 Å². The molecule has 140 valence electrons. The highest BCUT2D eigenvalue weighted by atomic mass is 79.9. The summed E-state index contributed by atoms with van der Waals surface area (Å²) in [6, 6.07) is 17.3. The van der Waals surface area contributed by atoms with Crippen molar-refractivity contribution in [2.75, 3.05) is 5.32 Å². The Morgan fingerprint density at radius 2 is 1.82 bits per heavy atom. The van der Waals surface area contributed by atoms with Crippen molar-refractivity contribution in [3.8, 4) is 5.69 Å². The summed E-state index contributed by atoms with van der Waals surface area (Å²) in [7, 11) is 0. The number of carbonyl (C=O) groups is 1. The van der Waals surface area contributed by atoms with Gasteiger partial charge in [-0.25, -0.2) is 4.68 Å². The zero-order valence-electron chi connectivity index (χ0n) is 15.0. The lowest BCUT2D eigenvalue weighted by atomic mass is 9.77. The Morgan fingerprint density at radius 1 is 1.00 bits per heavy atom. The molecule has 2 N–H and O–H groups in total.